The van der Waals surface area contributed by atoms with Crippen LogP contribution in [0.4, 0.5) is 0 Å². The summed E-state index contributed by atoms with van der Waals surface area (Å²) in [6, 6.07) is 22.8. The van der Waals surface area contributed by atoms with E-state index in [1.54, 1.807) is 24.3 Å². The Kier molecular flexibility index (Phi) is 10.8. The summed E-state index contributed by atoms with van der Waals surface area (Å²) in [7, 11) is -1.01. The zero-order valence-electron chi connectivity index (χ0n) is 20.5. The monoisotopic (exact) mass is 521 g/mol. The van der Waals surface area contributed by atoms with Crippen LogP contribution in [0.2, 0.25) is 0 Å². The molecule has 3 rings (SSSR count). The molecule has 0 atom stereocenters. The summed E-state index contributed by atoms with van der Waals surface area (Å²) in [4.78, 5) is 24.6. The fourth-order valence-corrected chi connectivity index (χ4v) is 5.87. The molecule has 0 saturated carbocycles. The fourth-order valence-electron chi connectivity index (χ4n) is 3.63. The van der Waals surface area contributed by atoms with E-state index in [2.05, 4.69) is 22.5 Å². The van der Waals surface area contributed by atoms with Gasteiger partial charge in [0.05, 0.1) is 19.8 Å². The topological polar surface area (TPSA) is 131 Å². The lowest BCUT2D eigenvalue weighted by molar-refractivity contribution is 0.0937. The second-order valence-corrected chi connectivity index (χ2v) is 10.3. The molecule has 3 aromatic carbocycles. The third kappa shape index (κ3) is 7.71. The number of hydrogen-bond acceptors (Lipinski definition) is 6. The first kappa shape index (κ1) is 28.0. The van der Waals surface area contributed by atoms with Crippen molar-refractivity contribution in [2.24, 2.45) is 0 Å². The van der Waals surface area contributed by atoms with Gasteiger partial charge in [-0.25, -0.2) is 0 Å². The number of aliphatic hydroxyl groups excluding tert-OH is 3. The molecule has 0 fully saturated rings. The Hall–Kier alpha value is -3.55. The molecule has 194 valence electrons. The molecule has 6 N–H and O–H groups in total. The van der Waals surface area contributed by atoms with E-state index in [0.717, 1.165) is 27.2 Å². The van der Waals surface area contributed by atoms with Gasteiger partial charge in [-0.15, -0.1) is 0 Å². The van der Waals surface area contributed by atoms with E-state index < -0.39 is 7.92 Å². The number of rotatable bonds is 13. The molecule has 0 unspecified atom stereocenters. The minimum Gasteiger partial charge on any atom is -0.395 e. The summed E-state index contributed by atoms with van der Waals surface area (Å²) < 4.78 is 0. The van der Waals surface area contributed by atoms with Crippen LogP contribution in [0.15, 0.2) is 79.4 Å². The molecule has 8 nitrogen and oxygen atoms in total. The van der Waals surface area contributed by atoms with Crippen molar-refractivity contribution in [3.05, 3.63) is 96.1 Å². The zero-order valence-corrected chi connectivity index (χ0v) is 21.4. The molecule has 0 aromatic heterocycles. The molecule has 9 heteroatoms. The number of benzene rings is 3. The largest absolute Gasteiger partial charge is 0.395 e. The third-order valence-electron chi connectivity index (χ3n) is 5.49. The van der Waals surface area contributed by atoms with Gasteiger partial charge in [0, 0.05) is 36.5 Å². The van der Waals surface area contributed by atoms with Crippen molar-refractivity contribution >= 4 is 41.3 Å². The SMILES string of the molecule is C=C(NCCO)c1ccc(P(c2ccc(C(=O)NCCO)cc2)c2ccc(C(=O)NCCO)cc2)cc1. The van der Waals surface area contributed by atoms with Crippen LogP contribution in [0.1, 0.15) is 26.3 Å². The molecule has 0 aliphatic heterocycles. The number of amides is 2. The predicted octanol–water partition coefficient (Wildman–Crippen LogP) is 0.442. The van der Waals surface area contributed by atoms with Crippen molar-refractivity contribution in [3.8, 4) is 0 Å². The molecule has 0 aliphatic rings. The Morgan fingerprint density at radius 2 is 0.892 bits per heavy atom. The molecule has 3 aromatic rings. The summed E-state index contributed by atoms with van der Waals surface area (Å²) in [5.41, 5.74) is 2.65. The highest BCUT2D eigenvalue weighted by Gasteiger charge is 2.18. The highest BCUT2D eigenvalue weighted by Crippen LogP contribution is 2.33. The van der Waals surface area contributed by atoms with Gasteiger partial charge in [0.25, 0.3) is 11.8 Å². The first-order valence-electron chi connectivity index (χ1n) is 11.9. The molecule has 0 saturated heterocycles. The van der Waals surface area contributed by atoms with Crippen molar-refractivity contribution in [3.63, 3.8) is 0 Å². The van der Waals surface area contributed by atoms with E-state index in [9.17, 15) is 9.59 Å². The van der Waals surface area contributed by atoms with E-state index in [0.29, 0.717) is 17.7 Å². The maximum Gasteiger partial charge on any atom is 0.251 e. The average Bonchev–Trinajstić information content (AvgIpc) is 2.94. The predicted molar refractivity (Wildman–Crippen MR) is 148 cm³/mol. The molecule has 0 aliphatic carbocycles. The second kappa shape index (κ2) is 14.3. The van der Waals surface area contributed by atoms with Crippen LogP contribution in [-0.2, 0) is 0 Å². The van der Waals surface area contributed by atoms with Crippen molar-refractivity contribution in [1.82, 2.24) is 16.0 Å². The van der Waals surface area contributed by atoms with Crippen molar-refractivity contribution in [1.29, 1.82) is 0 Å². The standard InChI is InChI=1S/C28H32N3O5P/c1-20(29-14-17-32)21-2-8-24(9-3-21)37(25-10-4-22(5-11-25)27(35)30-15-18-33)26-12-6-23(7-13-26)28(36)31-16-19-34/h2-13,29,32-34H,1,14-19H2,(H,30,35)(H,31,36). The number of aliphatic hydroxyl groups is 3. The van der Waals surface area contributed by atoms with Gasteiger partial charge in [0.2, 0.25) is 0 Å². The van der Waals surface area contributed by atoms with E-state index in [-0.39, 0.29) is 44.7 Å². The summed E-state index contributed by atoms with van der Waals surface area (Å²) in [5, 5.41) is 38.5. The first-order chi connectivity index (χ1) is 18.0. The zero-order chi connectivity index (χ0) is 26.6. The van der Waals surface area contributed by atoms with Crippen LogP contribution in [0.5, 0.6) is 0 Å². The number of carbonyl (C=O) groups is 2. The molecule has 2 amide bonds. The lowest BCUT2D eigenvalue weighted by atomic mass is 10.2. The van der Waals surface area contributed by atoms with Gasteiger partial charge in [-0.05, 0) is 53.7 Å². The quantitative estimate of drug-likeness (QED) is 0.181. The van der Waals surface area contributed by atoms with Crippen LogP contribution in [0.25, 0.3) is 5.70 Å². The Bertz CT molecular complexity index is 1030. The number of carbonyl (C=O) groups excluding carboxylic acids is 2. The highest BCUT2D eigenvalue weighted by molar-refractivity contribution is 7.79. The molecule has 0 radical (unpaired) electrons. The maximum absolute atomic E-state index is 12.3. The van der Waals surface area contributed by atoms with Gasteiger partial charge in [0.1, 0.15) is 0 Å². The van der Waals surface area contributed by atoms with Crippen LogP contribution in [0, 0.1) is 0 Å². The Labute approximate surface area is 217 Å². The minimum atomic E-state index is -1.01. The fraction of sp³-hybridized carbons (Fsp3) is 0.214. The lowest BCUT2D eigenvalue weighted by Gasteiger charge is -2.21. The molecule has 0 bridgehead atoms. The van der Waals surface area contributed by atoms with Gasteiger partial charge < -0.3 is 31.3 Å². The summed E-state index contributed by atoms with van der Waals surface area (Å²) >= 11 is 0. The van der Waals surface area contributed by atoms with E-state index in [1.165, 1.54) is 0 Å². The van der Waals surface area contributed by atoms with E-state index in [4.69, 9.17) is 15.3 Å². The van der Waals surface area contributed by atoms with Crippen molar-refractivity contribution in [2.75, 3.05) is 39.5 Å². The van der Waals surface area contributed by atoms with E-state index in [1.807, 2.05) is 48.5 Å². The highest BCUT2D eigenvalue weighted by atomic mass is 31.1. The molecule has 37 heavy (non-hydrogen) atoms. The minimum absolute atomic E-state index is 0.0183. The van der Waals surface area contributed by atoms with Crippen LogP contribution in [0.3, 0.4) is 0 Å². The molecular weight excluding hydrogens is 489 g/mol. The Balaban J connectivity index is 1.93. The normalized spacial score (nSPS) is 10.7. The summed E-state index contributed by atoms with van der Waals surface area (Å²) in [6.07, 6.45) is 0. The van der Waals surface area contributed by atoms with Crippen LogP contribution in [-0.4, -0.2) is 66.6 Å². The first-order valence-corrected chi connectivity index (χ1v) is 13.2. The van der Waals surface area contributed by atoms with E-state index >= 15 is 0 Å². The van der Waals surface area contributed by atoms with Gasteiger partial charge in [-0.2, -0.15) is 0 Å². The molecule has 0 heterocycles. The number of nitrogens with one attached hydrogen (secondary N) is 3. The van der Waals surface area contributed by atoms with Crippen LogP contribution >= 0.6 is 7.92 Å². The average molecular weight is 522 g/mol. The Morgan fingerprint density at radius 1 is 0.568 bits per heavy atom. The van der Waals surface area contributed by atoms with Gasteiger partial charge >= 0.3 is 0 Å². The second-order valence-electron chi connectivity index (χ2n) is 8.06. The van der Waals surface area contributed by atoms with Crippen molar-refractivity contribution < 1.29 is 24.9 Å². The summed E-state index contributed by atoms with van der Waals surface area (Å²) in [6.45, 7) is 4.60. The van der Waals surface area contributed by atoms with Crippen LogP contribution < -0.4 is 31.9 Å². The van der Waals surface area contributed by atoms with Gasteiger partial charge in [-0.1, -0.05) is 55.1 Å². The summed E-state index contributed by atoms with van der Waals surface area (Å²) in [5.74, 6) is -0.497. The maximum atomic E-state index is 12.3. The number of hydrogen-bond donors (Lipinski definition) is 6. The smallest absolute Gasteiger partial charge is 0.251 e. The molecule has 0 spiro atoms. The Morgan fingerprint density at radius 3 is 1.24 bits per heavy atom. The molecular formula is C28H32N3O5P. The lowest BCUT2D eigenvalue weighted by Crippen LogP contribution is -2.27. The van der Waals surface area contributed by atoms with Gasteiger partial charge in [-0.3, -0.25) is 9.59 Å². The van der Waals surface area contributed by atoms with Crippen molar-refractivity contribution in [2.45, 2.75) is 0 Å². The third-order valence-corrected chi connectivity index (χ3v) is 7.94. The van der Waals surface area contributed by atoms with Gasteiger partial charge in [0.15, 0.2) is 0 Å².